The lowest BCUT2D eigenvalue weighted by atomic mass is 10.2. The summed E-state index contributed by atoms with van der Waals surface area (Å²) in [4.78, 5) is 0. The summed E-state index contributed by atoms with van der Waals surface area (Å²) in [6, 6.07) is 7.27. The third-order valence-electron chi connectivity index (χ3n) is 2.54. The number of hydrogen-bond donors (Lipinski definition) is 1. The lowest BCUT2D eigenvalue weighted by Crippen LogP contribution is -2.06. The Balaban J connectivity index is 2.36. The summed E-state index contributed by atoms with van der Waals surface area (Å²) in [5, 5.41) is 3.09. The third kappa shape index (κ3) is 3.48. The second-order valence-electron chi connectivity index (χ2n) is 4.10. The molecule has 0 atom stereocenters. The van der Waals surface area contributed by atoms with Gasteiger partial charge in [0.25, 0.3) is 0 Å². The average molecular weight is 363 g/mol. The molecule has 0 radical (unpaired) electrons. The molecule has 0 aliphatic carbocycles. The van der Waals surface area contributed by atoms with Crippen molar-refractivity contribution in [2.45, 2.75) is 6.54 Å². The molecule has 0 spiro atoms. The van der Waals surface area contributed by atoms with Crippen LogP contribution in [0.25, 0.3) is 0 Å². The first-order valence-corrected chi connectivity index (χ1v) is 6.93. The van der Waals surface area contributed by atoms with Crippen LogP contribution in [0.5, 0.6) is 11.5 Å². The molecule has 0 aromatic heterocycles. The smallest absolute Gasteiger partial charge is 0.198 e. The van der Waals surface area contributed by atoms with Crippen molar-refractivity contribution >= 4 is 27.5 Å². The largest absolute Gasteiger partial charge is 0.450 e. The van der Waals surface area contributed by atoms with Crippen LogP contribution in [0.15, 0.2) is 34.8 Å². The van der Waals surface area contributed by atoms with Crippen LogP contribution in [0.2, 0.25) is 5.02 Å². The van der Waals surface area contributed by atoms with E-state index in [0.717, 1.165) is 0 Å². The van der Waals surface area contributed by atoms with E-state index in [1.807, 2.05) is 0 Å². The Morgan fingerprint density at radius 2 is 1.85 bits per heavy atom. The van der Waals surface area contributed by atoms with E-state index in [2.05, 4.69) is 21.2 Å². The minimum Gasteiger partial charge on any atom is -0.450 e. The molecule has 0 saturated heterocycles. The second kappa shape index (κ2) is 6.52. The molecule has 2 nitrogen and oxygen atoms in total. The SMILES string of the molecule is CNCc1cc(F)c(Oc2cc(Br)ccc2Cl)c(F)c1. The van der Waals surface area contributed by atoms with Crippen LogP contribution in [0, 0.1) is 11.6 Å². The van der Waals surface area contributed by atoms with Crippen molar-refractivity contribution in [1.82, 2.24) is 5.32 Å². The van der Waals surface area contributed by atoms with Gasteiger partial charge in [0.15, 0.2) is 17.4 Å². The lowest BCUT2D eigenvalue weighted by molar-refractivity contribution is 0.406. The van der Waals surface area contributed by atoms with E-state index in [9.17, 15) is 8.78 Å². The van der Waals surface area contributed by atoms with Crippen LogP contribution in [-0.4, -0.2) is 7.05 Å². The van der Waals surface area contributed by atoms with Crippen molar-refractivity contribution in [3.8, 4) is 11.5 Å². The van der Waals surface area contributed by atoms with E-state index in [1.165, 1.54) is 12.1 Å². The highest BCUT2D eigenvalue weighted by Gasteiger charge is 2.15. The highest BCUT2D eigenvalue weighted by Crippen LogP contribution is 2.34. The first-order valence-electron chi connectivity index (χ1n) is 5.76. The summed E-state index contributed by atoms with van der Waals surface area (Å²) in [5.74, 6) is -1.83. The Labute approximate surface area is 128 Å². The standard InChI is InChI=1S/C14H11BrClF2NO/c1-19-7-8-4-11(17)14(12(18)5-8)20-13-6-9(15)2-3-10(13)16/h2-6,19H,7H2,1H3. The maximum atomic E-state index is 13.9. The number of rotatable bonds is 4. The van der Waals surface area contributed by atoms with E-state index < -0.39 is 17.4 Å². The zero-order chi connectivity index (χ0) is 14.7. The molecule has 0 aliphatic heterocycles. The van der Waals surface area contributed by atoms with Gasteiger partial charge < -0.3 is 10.1 Å². The fraction of sp³-hybridized carbons (Fsp3) is 0.143. The normalized spacial score (nSPS) is 10.7. The van der Waals surface area contributed by atoms with Crippen LogP contribution >= 0.6 is 27.5 Å². The van der Waals surface area contributed by atoms with Crippen molar-refractivity contribution in [1.29, 1.82) is 0 Å². The quantitative estimate of drug-likeness (QED) is 0.836. The maximum Gasteiger partial charge on any atom is 0.198 e. The van der Waals surface area contributed by atoms with E-state index in [1.54, 1.807) is 25.2 Å². The molecule has 1 N–H and O–H groups in total. The predicted molar refractivity (Wildman–Crippen MR) is 78.3 cm³/mol. The Morgan fingerprint density at radius 1 is 1.20 bits per heavy atom. The Morgan fingerprint density at radius 3 is 2.45 bits per heavy atom. The minimum atomic E-state index is -0.772. The van der Waals surface area contributed by atoms with Gasteiger partial charge in [0.1, 0.15) is 5.75 Å². The molecule has 0 saturated carbocycles. The van der Waals surface area contributed by atoms with Gasteiger partial charge in [0.2, 0.25) is 0 Å². The van der Waals surface area contributed by atoms with Crippen molar-refractivity contribution in [3.63, 3.8) is 0 Å². The molecule has 0 unspecified atom stereocenters. The van der Waals surface area contributed by atoms with Crippen molar-refractivity contribution < 1.29 is 13.5 Å². The molecule has 6 heteroatoms. The molecule has 0 fully saturated rings. The van der Waals surface area contributed by atoms with Crippen LogP contribution in [0.4, 0.5) is 8.78 Å². The fourth-order valence-corrected chi connectivity index (χ4v) is 2.18. The molecule has 0 bridgehead atoms. The van der Waals surface area contributed by atoms with Gasteiger partial charge in [-0.15, -0.1) is 0 Å². The highest BCUT2D eigenvalue weighted by molar-refractivity contribution is 9.10. The van der Waals surface area contributed by atoms with Gasteiger partial charge in [-0.25, -0.2) is 8.78 Å². The third-order valence-corrected chi connectivity index (χ3v) is 3.35. The Bertz CT molecular complexity index is 614. The van der Waals surface area contributed by atoms with Crippen LogP contribution in [0.3, 0.4) is 0 Å². The van der Waals surface area contributed by atoms with Crippen LogP contribution < -0.4 is 10.1 Å². The number of ether oxygens (including phenoxy) is 1. The lowest BCUT2D eigenvalue weighted by Gasteiger charge is -2.11. The summed E-state index contributed by atoms with van der Waals surface area (Å²) in [6.07, 6.45) is 0. The van der Waals surface area contributed by atoms with Gasteiger partial charge in [-0.1, -0.05) is 27.5 Å². The summed E-state index contributed by atoms with van der Waals surface area (Å²) < 4.78 is 33.8. The monoisotopic (exact) mass is 361 g/mol. The molecule has 20 heavy (non-hydrogen) atoms. The van der Waals surface area contributed by atoms with Crippen LogP contribution in [0.1, 0.15) is 5.56 Å². The molecule has 2 aromatic rings. The van der Waals surface area contributed by atoms with Gasteiger partial charge in [-0.05, 0) is 42.9 Å². The summed E-state index contributed by atoms with van der Waals surface area (Å²) in [7, 11) is 1.70. The first-order chi connectivity index (χ1) is 9.51. The van der Waals surface area contributed by atoms with Crippen molar-refractivity contribution in [2.75, 3.05) is 7.05 Å². The molecule has 0 amide bonds. The zero-order valence-electron chi connectivity index (χ0n) is 10.5. The van der Waals surface area contributed by atoms with Gasteiger partial charge in [-0.3, -0.25) is 0 Å². The number of hydrogen-bond acceptors (Lipinski definition) is 2. The second-order valence-corrected chi connectivity index (χ2v) is 5.42. The molecular weight excluding hydrogens is 352 g/mol. The molecular formula is C14H11BrClF2NO. The minimum absolute atomic E-state index is 0.181. The van der Waals surface area contributed by atoms with Gasteiger partial charge in [-0.2, -0.15) is 0 Å². The molecule has 106 valence electrons. The number of benzene rings is 2. The first kappa shape index (κ1) is 15.2. The highest BCUT2D eigenvalue weighted by atomic mass is 79.9. The number of halogens is 4. The van der Waals surface area contributed by atoms with Crippen LogP contribution in [-0.2, 0) is 6.54 Å². The summed E-state index contributed by atoms with van der Waals surface area (Å²) in [6.45, 7) is 0.367. The summed E-state index contributed by atoms with van der Waals surface area (Å²) >= 11 is 9.18. The van der Waals surface area contributed by atoms with E-state index in [-0.39, 0.29) is 10.8 Å². The Kier molecular flexibility index (Phi) is 4.96. The topological polar surface area (TPSA) is 21.3 Å². The molecule has 2 aromatic carbocycles. The van der Waals surface area contributed by atoms with Gasteiger partial charge in [0, 0.05) is 11.0 Å². The molecule has 2 rings (SSSR count). The zero-order valence-corrected chi connectivity index (χ0v) is 12.9. The van der Waals surface area contributed by atoms with E-state index >= 15 is 0 Å². The van der Waals surface area contributed by atoms with Gasteiger partial charge >= 0.3 is 0 Å². The van der Waals surface area contributed by atoms with Gasteiger partial charge in [0.05, 0.1) is 5.02 Å². The maximum absolute atomic E-state index is 13.9. The summed E-state index contributed by atoms with van der Waals surface area (Å²) in [5.41, 5.74) is 0.496. The van der Waals surface area contributed by atoms with E-state index in [0.29, 0.717) is 16.6 Å². The Hall–Kier alpha value is -1.17. The molecule has 0 heterocycles. The fourth-order valence-electron chi connectivity index (χ4n) is 1.68. The van der Waals surface area contributed by atoms with Crippen molar-refractivity contribution in [3.05, 3.63) is 57.0 Å². The predicted octanol–water partition coefficient (Wildman–Crippen LogP) is 4.89. The van der Waals surface area contributed by atoms with E-state index in [4.69, 9.17) is 16.3 Å². The average Bonchev–Trinajstić information content (AvgIpc) is 2.38. The number of nitrogens with one attached hydrogen (secondary N) is 1. The van der Waals surface area contributed by atoms with Crippen molar-refractivity contribution in [2.24, 2.45) is 0 Å². The molecule has 0 aliphatic rings.